The van der Waals surface area contributed by atoms with Crippen LogP contribution in [0.25, 0.3) is 0 Å². The van der Waals surface area contributed by atoms with Crippen LogP contribution in [0.5, 0.6) is 0 Å². The lowest BCUT2D eigenvalue weighted by Crippen LogP contribution is -2.30. The zero-order valence-corrected chi connectivity index (χ0v) is 33.5. The van der Waals surface area contributed by atoms with Gasteiger partial charge in [0.15, 0.2) is 6.10 Å². The maximum absolute atomic E-state index is 12.6. The van der Waals surface area contributed by atoms with Crippen LogP contribution in [0.2, 0.25) is 0 Å². The monoisotopic (exact) mass is 695 g/mol. The molecule has 0 radical (unpaired) electrons. The molecule has 0 heterocycles. The van der Waals surface area contributed by atoms with Crippen molar-refractivity contribution in [3.8, 4) is 0 Å². The first kappa shape index (κ1) is 47.4. The summed E-state index contributed by atoms with van der Waals surface area (Å²) in [5.41, 5.74) is 0. The molecule has 6 nitrogen and oxygen atoms in total. The van der Waals surface area contributed by atoms with E-state index in [1.165, 1.54) is 103 Å². The quantitative estimate of drug-likeness (QED) is 0.0369. The van der Waals surface area contributed by atoms with E-state index in [1.807, 2.05) is 0 Å². The molecule has 0 aliphatic rings. The molecule has 2 unspecified atom stereocenters. The van der Waals surface area contributed by atoms with Gasteiger partial charge in [0.05, 0.1) is 0 Å². The van der Waals surface area contributed by atoms with Gasteiger partial charge < -0.3 is 14.2 Å². The summed E-state index contributed by atoms with van der Waals surface area (Å²) in [4.78, 5) is 37.5. The lowest BCUT2D eigenvalue weighted by molar-refractivity contribution is -0.167. The normalized spacial score (nSPS) is 13.3. The molecule has 0 saturated heterocycles. The minimum Gasteiger partial charge on any atom is -0.462 e. The van der Waals surface area contributed by atoms with Crippen LogP contribution in [0, 0.1) is 17.8 Å². The first-order valence-corrected chi connectivity index (χ1v) is 21.2. The summed E-state index contributed by atoms with van der Waals surface area (Å²) in [6.45, 7) is 13.6. The second-order valence-electron chi connectivity index (χ2n) is 15.6. The number of unbranched alkanes of at least 4 members (excludes halogenated alkanes) is 17. The predicted molar refractivity (Wildman–Crippen MR) is 206 cm³/mol. The first-order chi connectivity index (χ1) is 23.7. The lowest BCUT2D eigenvalue weighted by Gasteiger charge is -2.18. The van der Waals surface area contributed by atoms with Crippen LogP contribution >= 0.6 is 0 Å². The van der Waals surface area contributed by atoms with Gasteiger partial charge in [0, 0.05) is 19.3 Å². The molecule has 0 aromatic carbocycles. The Hall–Kier alpha value is -1.59. The van der Waals surface area contributed by atoms with E-state index >= 15 is 0 Å². The molecule has 49 heavy (non-hydrogen) atoms. The Bertz CT molecular complexity index is 765. The van der Waals surface area contributed by atoms with Crippen molar-refractivity contribution < 1.29 is 28.6 Å². The Kier molecular flexibility index (Phi) is 33.7. The SMILES string of the molecule is CCC(C)CCCCCCCCC(=O)OC[C@H](COC(=O)CCCCCCCCCCC(C)C)OC(=O)CCCCCCCCC(C)CC. The van der Waals surface area contributed by atoms with Crippen molar-refractivity contribution in [2.45, 2.75) is 227 Å². The van der Waals surface area contributed by atoms with E-state index in [1.54, 1.807) is 0 Å². The fourth-order valence-electron chi connectivity index (χ4n) is 6.11. The highest BCUT2D eigenvalue weighted by molar-refractivity contribution is 5.71. The van der Waals surface area contributed by atoms with Crippen LogP contribution in [0.3, 0.4) is 0 Å². The van der Waals surface area contributed by atoms with Gasteiger partial charge in [-0.05, 0) is 37.0 Å². The Labute approximate surface area is 304 Å². The van der Waals surface area contributed by atoms with Gasteiger partial charge >= 0.3 is 17.9 Å². The number of hydrogen-bond donors (Lipinski definition) is 0. The fraction of sp³-hybridized carbons (Fsp3) is 0.930. The molecule has 0 aliphatic heterocycles. The van der Waals surface area contributed by atoms with Gasteiger partial charge in [0.1, 0.15) is 13.2 Å². The van der Waals surface area contributed by atoms with Crippen molar-refractivity contribution in [3.05, 3.63) is 0 Å². The highest BCUT2D eigenvalue weighted by Gasteiger charge is 2.19. The number of carbonyl (C=O) groups is 3. The van der Waals surface area contributed by atoms with Crippen LogP contribution in [0.4, 0.5) is 0 Å². The summed E-state index contributed by atoms with van der Waals surface area (Å²) in [5.74, 6) is 1.55. The number of rotatable bonds is 36. The highest BCUT2D eigenvalue weighted by Crippen LogP contribution is 2.17. The maximum atomic E-state index is 12.6. The molecule has 0 spiro atoms. The number of esters is 3. The average molecular weight is 695 g/mol. The summed E-state index contributed by atoms with van der Waals surface area (Å²) in [6.07, 6.45) is 29.5. The first-order valence-electron chi connectivity index (χ1n) is 21.2. The highest BCUT2D eigenvalue weighted by atomic mass is 16.6. The van der Waals surface area contributed by atoms with Gasteiger partial charge in [-0.1, -0.05) is 183 Å². The summed E-state index contributed by atoms with van der Waals surface area (Å²) in [6, 6.07) is 0. The van der Waals surface area contributed by atoms with Gasteiger partial charge in [-0.3, -0.25) is 14.4 Å². The Balaban J connectivity index is 4.39. The summed E-state index contributed by atoms with van der Waals surface area (Å²) in [5, 5.41) is 0. The summed E-state index contributed by atoms with van der Waals surface area (Å²) in [7, 11) is 0. The smallest absolute Gasteiger partial charge is 0.306 e. The molecule has 290 valence electrons. The fourth-order valence-corrected chi connectivity index (χ4v) is 6.11. The Morgan fingerprint density at radius 1 is 0.408 bits per heavy atom. The van der Waals surface area contributed by atoms with Gasteiger partial charge in [-0.25, -0.2) is 0 Å². The second kappa shape index (κ2) is 34.8. The molecule has 0 aliphatic carbocycles. The van der Waals surface area contributed by atoms with E-state index in [9.17, 15) is 14.4 Å². The van der Waals surface area contributed by atoms with Crippen LogP contribution in [-0.4, -0.2) is 37.2 Å². The zero-order chi connectivity index (χ0) is 36.4. The molecule has 0 bridgehead atoms. The van der Waals surface area contributed by atoms with Gasteiger partial charge in [-0.2, -0.15) is 0 Å². The molecule has 0 fully saturated rings. The summed E-state index contributed by atoms with van der Waals surface area (Å²) >= 11 is 0. The molecule has 0 N–H and O–H groups in total. The van der Waals surface area contributed by atoms with Crippen LogP contribution < -0.4 is 0 Å². The van der Waals surface area contributed by atoms with Crippen LogP contribution in [0.15, 0.2) is 0 Å². The third-order valence-corrected chi connectivity index (χ3v) is 10.1. The molecule has 0 aromatic rings. The van der Waals surface area contributed by atoms with Crippen molar-refractivity contribution in [1.82, 2.24) is 0 Å². The minimum absolute atomic E-state index is 0.0684. The molecule has 3 atom stereocenters. The Morgan fingerprint density at radius 3 is 1.06 bits per heavy atom. The van der Waals surface area contributed by atoms with Crippen molar-refractivity contribution >= 4 is 17.9 Å². The lowest BCUT2D eigenvalue weighted by atomic mass is 10.00. The predicted octanol–water partition coefficient (Wildman–Crippen LogP) is 12.9. The van der Waals surface area contributed by atoms with E-state index < -0.39 is 6.10 Å². The van der Waals surface area contributed by atoms with E-state index in [2.05, 4.69) is 41.5 Å². The molecular formula is C43H82O6. The second-order valence-corrected chi connectivity index (χ2v) is 15.6. The standard InChI is InChI=1S/C43H82O6/c1-7-38(5)30-24-18-13-15-21-27-33-42(45)48-36-40(49-43(46)34-28-22-16-14-19-25-31-39(6)8-2)35-47-41(44)32-26-20-12-10-9-11-17-23-29-37(3)4/h37-40H,7-36H2,1-6H3/t38?,39?,40-/m0/s1. The average Bonchev–Trinajstić information content (AvgIpc) is 3.08. The summed E-state index contributed by atoms with van der Waals surface area (Å²) < 4.78 is 16.6. The van der Waals surface area contributed by atoms with Gasteiger partial charge in [-0.15, -0.1) is 0 Å². The van der Waals surface area contributed by atoms with E-state index in [4.69, 9.17) is 14.2 Å². The van der Waals surface area contributed by atoms with Crippen molar-refractivity contribution in [2.75, 3.05) is 13.2 Å². The molecular weight excluding hydrogens is 612 g/mol. The van der Waals surface area contributed by atoms with Crippen LogP contribution in [-0.2, 0) is 28.6 Å². The van der Waals surface area contributed by atoms with Crippen molar-refractivity contribution in [3.63, 3.8) is 0 Å². The van der Waals surface area contributed by atoms with Gasteiger partial charge in [0.2, 0.25) is 0 Å². The van der Waals surface area contributed by atoms with Crippen LogP contribution in [0.1, 0.15) is 221 Å². The number of hydrogen-bond acceptors (Lipinski definition) is 6. The van der Waals surface area contributed by atoms with Crippen molar-refractivity contribution in [2.24, 2.45) is 17.8 Å². The zero-order valence-electron chi connectivity index (χ0n) is 33.5. The number of ether oxygens (including phenoxy) is 3. The van der Waals surface area contributed by atoms with E-state index in [0.29, 0.717) is 19.3 Å². The number of carbonyl (C=O) groups excluding carboxylic acids is 3. The molecule has 0 amide bonds. The molecule has 0 rings (SSSR count). The molecule has 0 saturated carbocycles. The van der Waals surface area contributed by atoms with E-state index in [0.717, 1.165) is 75.5 Å². The topological polar surface area (TPSA) is 78.9 Å². The third kappa shape index (κ3) is 34.6. The Morgan fingerprint density at radius 2 is 0.714 bits per heavy atom. The molecule has 6 heteroatoms. The maximum Gasteiger partial charge on any atom is 0.306 e. The largest absolute Gasteiger partial charge is 0.462 e. The van der Waals surface area contributed by atoms with E-state index in [-0.39, 0.29) is 31.1 Å². The van der Waals surface area contributed by atoms with Gasteiger partial charge in [0.25, 0.3) is 0 Å². The van der Waals surface area contributed by atoms with Crippen molar-refractivity contribution in [1.29, 1.82) is 0 Å². The third-order valence-electron chi connectivity index (χ3n) is 10.1. The molecule has 0 aromatic heterocycles. The minimum atomic E-state index is -0.762.